The van der Waals surface area contributed by atoms with Gasteiger partial charge < -0.3 is 0 Å². The van der Waals surface area contributed by atoms with Crippen LogP contribution in [0, 0.1) is 0 Å². The first-order valence-electron chi connectivity index (χ1n) is 3.92. The molecule has 0 spiro atoms. The van der Waals surface area contributed by atoms with Gasteiger partial charge in [-0.25, -0.2) is 4.79 Å². The van der Waals surface area contributed by atoms with Crippen molar-refractivity contribution in [3.05, 3.63) is 30.4 Å². The lowest BCUT2D eigenvalue weighted by Crippen LogP contribution is -1.60. The van der Waals surface area contributed by atoms with Crippen molar-refractivity contribution in [2.24, 2.45) is 0 Å². The zero-order chi connectivity index (χ0) is 8.36. The van der Waals surface area contributed by atoms with Gasteiger partial charge in [0.25, 0.3) is 0 Å². The molecule has 0 aromatic carbocycles. The SMILES string of the molecule is CCC/C=C/C=C/CC=C=O. The number of carbonyl (C=O) groups excluding carboxylic acids is 1. The molecule has 0 aliphatic heterocycles. The molecule has 1 nitrogen and oxygen atoms in total. The minimum absolute atomic E-state index is 0.681. The molecule has 60 valence electrons. The predicted molar refractivity (Wildman–Crippen MR) is 48.1 cm³/mol. The number of hydrogen-bond donors (Lipinski definition) is 0. The van der Waals surface area contributed by atoms with Crippen molar-refractivity contribution < 1.29 is 4.79 Å². The first-order valence-corrected chi connectivity index (χ1v) is 3.92. The average molecular weight is 150 g/mol. The molecule has 0 bridgehead atoms. The second-order valence-corrected chi connectivity index (χ2v) is 2.20. The maximum Gasteiger partial charge on any atom is 0.120 e. The molecule has 0 unspecified atom stereocenters. The first-order chi connectivity index (χ1) is 5.41. The Labute approximate surface area is 68.1 Å². The van der Waals surface area contributed by atoms with Crippen LogP contribution in [-0.2, 0) is 4.79 Å². The summed E-state index contributed by atoms with van der Waals surface area (Å²) in [7, 11) is 0. The van der Waals surface area contributed by atoms with Crippen LogP contribution in [0.5, 0.6) is 0 Å². The minimum Gasteiger partial charge on any atom is -0.234 e. The van der Waals surface area contributed by atoms with E-state index in [9.17, 15) is 4.79 Å². The third-order valence-corrected chi connectivity index (χ3v) is 1.18. The molecule has 0 aromatic rings. The van der Waals surface area contributed by atoms with Gasteiger partial charge in [-0.2, -0.15) is 0 Å². The van der Waals surface area contributed by atoms with Gasteiger partial charge in [0.2, 0.25) is 0 Å². The normalized spacial score (nSPS) is 10.6. The Bertz CT molecular complexity index is 171. The Kier molecular flexibility index (Phi) is 8.06. The largest absolute Gasteiger partial charge is 0.234 e. The quantitative estimate of drug-likeness (QED) is 0.435. The van der Waals surface area contributed by atoms with Crippen molar-refractivity contribution >= 4 is 5.94 Å². The van der Waals surface area contributed by atoms with E-state index in [1.165, 1.54) is 12.5 Å². The fourth-order valence-electron chi connectivity index (χ4n) is 0.615. The van der Waals surface area contributed by atoms with Crippen LogP contribution in [0.2, 0.25) is 0 Å². The molecule has 0 amide bonds. The van der Waals surface area contributed by atoms with E-state index in [1.54, 1.807) is 5.94 Å². The van der Waals surface area contributed by atoms with Crippen LogP contribution < -0.4 is 0 Å². The van der Waals surface area contributed by atoms with E-state index in [-0.39, 0.29) is 0 Å². The van der Waals surface area contributed by atoms with E-state index in [0.717, 1.165) is 6.42 Å². The standard InChI is InChI=1S/C10H14O/c1-2-3-4-5-6-7-8-9-10-11/h4-7,9H,2-3,8H2,1H3/b5-4+,7-6+. The molecule has 11 heavy (non-hydrogen) atoms. The van der Waals surface area contributed by atoms with Crippen LogP contribution in [0.3, 0.4) is 0 Å². The molecule has 0 rings (SSSR count). The Hall–Kier alpha value is -1.07. The minimum atomic E-state index is 0.681. The molecule has 0 atom stereocenters. The smallest absolute Gasteiger partial charge is 0.120 e. The molecule has 1 heteroatoms. The summed E-state index contributed by atoms with van der Waals surface area (Å²) < 4.78 is 0. The number of rotatable bonds is 5. The average Bonchev–Trinajstić information content (AvgIpc) is 2.03. The maximum absolute atomic E-state index is 9.71. The molecular formula is C10H14O. The molecule has 0 N–H and O–H groups in total. The summed E-state index contributed by atoms with van der Waals surface area (Å²) in [5.41, 5.74) is 0. The van der Waals surface area contributed by atoms with Crippen LogP contribution in [0.4, 0.5) is 0 Å². The van der Waals surface area contributed by atoms with Gasteiger partial charge in [-0.1, -0.05) is 37.6 Å². The summed E-state index contributed by atoms with van der Waals surface area (Å²) in [4.78, 5) is 9.71. The van der Waals surface area contributed by atoms with Crippen molar-refractivity contribution in [2.75, 3.05) is 0 Å². The Morgan fingerprint density at radius 1 is 1.27 bits per heavy atom. The zero-order valence-corrected chi connectivity index (χ0v) is 6.92. The van der Waals surface area contributed by atoms with Gasteiger partial charge in [-0.3, -0.25) is 0 Å². The van der Waals surface area contributed by atoms with Crippen LogP contribution in [0.15, 0.2) is 30.4 Å². The van der Waals surface area contributed by atoms with Crippen molar-refractivity contribution in [1.82, 2.24) is 0 Å². The predicted octanol–water partition coefficient (Wildman–Crippen LogP) is 2.68. The molecule has 0 aliphatic rings. The van der Waals surface area contributed by atoms with Gasteiger partial charge >= 0.3 is 0 Å². The van der Waals surface area contributed by atoms with Gasteiger partial charge in [0.05, 0.1) is 0 Å². The number of hydrogen-bond acceptors (Lipinski definition) is 1. The lowest BCUT2D eigenvalue weighted by molar-refractivity contribution is 0.568. The van der Waals surface area contributed by atoms with E-state index in [2.05, 4.69) is 13.0 Å². The fourth-order valence-corrected chi connectivity index (χ4v) is 0.615. The van der Waals surface area contributed by atoms with Crippen molar-refractivity contribution in [3.8, 4) is 0 Å². The number of unbranched alkanes of at least 4 members (excludes halogenated alkanes) is 1. The van der Waals surface area contributed by atoms with Crippen LogP contribution in [0.25, 0.3) is 0 Å². The fraction of sp³-hybridized carbons (Fsp3) is 0.400. The van der Waals surface area contributed by atoms with Gasteiger partial charge in [-0.15, -0.1) is 0 Å². The second-order valence-electron chi connectivity index (χ2n) is 2.20. The highest BCUT2D eigenvalue weighted by atomic mass is 16.1. The molecule has 0 aromatic heterocycles. The summed E-state index contributed by atoms with van der Waals surface area (Å²) >= 11 is 0. The summed E-state index contributed by atoms with van der Waals surface area (Å²) in [5.74, 6) is 1.72. The first kappa shape index (κ1) is 9.93. The highest BCUT2D eigenvalue weighted by Crippen LogP contribution is 1.89. The van der Waals surface area contributed by atoms with Crippen LogP contribution >= 0.6 is 0 Å². The second kappa shape index (κ2) is 8.93. The summed E-state index contributed by atoms with van der Waals surface area (Å²) in [6, 6.07) is 0. The molecular weight excluding hydrogens is 136 g/mol. The number of allylic oxidation sites excluding steroid dienone is 5. The summed E-state index contributed by atoms with van der Waals surface area (Å²) in [5, 5.41) is 0. The molecule has 0 heterocycles. The van der Waals surface area contributed by atoms with Gasteiger partial charge in [0.1, 0.15) is 5.94 Å². The maximum atomic E-state index is 9.71. The lowest BCUT2D eigenvalue weighted by atomic mass is 10.3. The Balaban J connectivity index is 3.35. The third-order valence-electron chi connectivity index (χ3n) is 1.18. The highest BCUT2D eigenvalue weighted by Gasteiger charge is 1.70. The van der Waals surface area contributed by atoms with Crippen LogP contribution in [0.1, 0.15) is 26.2 Å². The molecule has 0 saturated carbocycles. The van der Waals surface area contributed by atoms with E-state index >= 15 is 0 Å². The van der Waals surface area contributed by atoms with Gasteiger partial charge in [-0.05, 0) is 12.8 Å². The highest BCUT2D eigenvalue weighted by molar-refractivity contribution is 5.45. The zero-order valence-electron chi connectivity index (χ0n) is 6.92. The van der Waals surface area contributed by atoms with E-state index in [4.69, 9.17) is 0 Å². The topological polar surface area (TPSA) is 17.1 Å². The van der Waals surface area contributed by atoms with Gasteiger partial charge in [0.15, 0.2) is 0 Å². The van der Waals surface area contributed by atoms with Gasteiger partial charge in [0, 0.05) is 6.08 Å². The lowest BCUT2D eigenvalue weighted by Gasteiger charge is -1.79. The Morgan fingerprint density at radius 2 is 2.00 bits per heavy atom. The summed E-state index contributed by atoms with van der Waals surface area (Å²) in [6.07, 6.45) is 12.4. The Morgan fingerprint density at radius 3 is 2.64 bits per heavy atom. The third kappa shape index (κ3) is 8.93. The van der Waals surface area contributed by atoms with E-state index < -0.39 is 0 Å². The van der Waals surface area contributed by atoms with E-state index in [1.807, 2.05) is 18.2 Å². The molecule has 0 radical (unpaired) electrons. The summed E-state index contributed by atoms with van der Waals surface area (Å²) in [6.45, 7) is 2.14. The van der Waals surface area contributed by atoms with Crippen LogP contribution in [-0.4, -0.2) is 5.94 Å². The molecule has 0 saturated heterocycles. The van der Waals surface area contributed by atoms with Crippen molar-refractivity contribution in [2.45, 2.75) is 26.2 Å². The van der Waals surface area contributed by atoms with Crippen molar-refractivity contribution in [1.29, 1.82) is 0 Å². The molecule has 0 fully saturated rings. The van der Waals surface area contributed by atoms with Crippen molar-refractivity contribution in [3.63, 3.8) is 0 Å². The monoisotopic (exact) mass is 150 g/mol. The molecule has 0 aliphatic carbocycles. The van der Waals surface area contributed by atoms with E-state index in [0.29, 0.717) is 6.42 Å².